The fourth-order valence-electron chi connectivity index (χ4n) is 3.67. The van der Waals surface area contributed by atoms with Crippen LogP contribution in [0.5, 0.6) is 0 Å². The number of carbonyl (C=O) groups excluding carboxylic acids is 1. The molecule has 0 aliphatic carbocycles. The molecule has 3 aromatic rings. The van der Waals surface area contributed by atoms with Crippen molar-refractivity contribution in [1.82, 2.24) is 19.7 Å². The van der Waals surface area contributed by atoms with Crippen molar-refractivity contribution >= 4 is 17.5 Å². The third-order valence-corrected chi connectivity index (χ3v) is 5.78. The Bertz CT molecular complexity index is 1100. The maximum absolute atomic E-state index is 14.3. The van der Waals surface area contributed by atoms with Crippen molar-refractivity contribution in [2.45, 2.75) is 39.4 Å². The van der Waals surface area contributed by atoms with Crippen molar-refractivity contribution in [3.8, 4) is 11.1 Å². The highest BCUT2D eigenvalue weighted by Gasteiger charge is 2.30. The van der Waals surface area contributed by atoms with Crippen LogP contribution in [-0.2, 0) is 24.3 Å². The first-order valence-electron chi connectivity index (χ1n) is 9.24. The van der Waals surface area contributed by atoms with Gasteiger partial charge in [-0.05, 0) is 37.6 Å². The van der Waals surface area contributed by atoms with Gasteiger partial charge >= 0.3 is 0 Å². The van der Waals surface area contributed by atoms with E-state index >= 15 is 0 Å². The molecule has 1 unspecified atom stereocenters. The Morgan fingerprint density at radius 1 is 1.28 bits per heavy atom. The summed E-state index contributed by atoms with van der Waals surface area (Å²) in [6, 6.07) is 5.12. The first-order chi connectivity index (χ1) is 13.8. The monoisotopic (exact) mass is 416 g/mol. The summed E-state index contributed by atoms with van der Waals surface area (Å²) >= 11 is 6.29. The highest BCUT2D eigenvalue weighted by Crippen LogP contribution is 2.31. The molecule has 0 saturated carbocycles. The van der Waals surface area contributed by atoms with Crippen LogP contribution in [0.2, 0.25) is 5.02 Å². The van der Waals surface area contributed by atoms with E-state index in [9.17, 15) is 13.6 Å². The third-order valence-electron chi connectivity index (χ3n) is 5.26. The first kappa shape index (κ1) is 19.5. The minimum Gasteiger partial charge on any atom is -0.332 e. The van der Waals surface area contributed by atoms with Crippen LogP contribution in [0, 0.1) is 18.6 Å². The van der Waals surface area contributed by atoms with E-state index in [1.165, 1.54) is 12.1 Å². The number of aromatic nitrogens is 3. The maximum Gasteiger partial charge on any atom is 0.227 e. The van der Waals surface area contributed by atoms with Crippen molar-refractivity contribution in [2.24, 2.45) is 0 Å². The number of pyridine rings is 1. The van der Waals surface area contributed by atoms with Gasteiger partial charge in [-0.2, -0.15) is 5.10 Å². The number of aryl methyl sites for hydroxylation is 1. The first-order valence-corrected chi connectivity index (χ1v) is 9.62. The molecule has 3 heterocycles. The Labute approximate surface area is 171 Å². The zero-order valence-corrected chi connectivity index (χ0v) is 16.7. The molecule has 0 spiro atoms. The van der Waals surface area contributed by atoms with Crippen LogP contribution in [0.3, 0.4) is 0 Å². The highest BCUT2D eigenvalue weighted by atomic mass is 35.5. The van der Waals surface area contributed by atoms with E-state index in [4.69, 9.17) is 11.6 Å². The average molecular weight is 417 g/mol. The largest absolute Gasteiger partial charge is 0.332 e. The number of hydrogen-bond acceptors (Lipinski definition) is 3. The van der Waals surface area contributed by atoms with Crippen molar-refractivity contribution in [3.63, 3.8) is 0 Å². The lowest BCUT2D eigenvalue weighted by Gasteiger charge is -2.34. The fourth-order valence-corrected chi connectivity index (χ4v) is 3.85. The number of hydrogen-bond donors (Lipinski definition) is 0. The third kappa shape index (κ3) is 3.62. The molecule has 0 saturated heterocycles. The summed E-state index contributed by atoms with van der Waals surface area (Å²) in [6.07, 6.45) is 3.35. The molecule has 1 atom stereocenters. The van der Waals surface area contributed by atoms with Gasteiger partial charge in [-0.15, -0.1) is 0 Å². The summed E-state index contributed by atoms with van der Waals surface area (Å²) < 4.78 is 29.4. The van der Waals surface area contributed by atoms with Gasteiger partial charge < -0.3 is 4.90 Å². The molecule has 0 fully saturated rings. The van der Waals surface area contributed by atoms with Gasteiger partial charge in [0.1, 0.15) is 11.6 Å². The summed E-state index contributed by atoms with van der Waals surface area (Å²) in [4.78, 5) is 18.9. The van der Waals surface area contributed by atoms with E-state index in [2.05, 4.69) is 10.1 Å². The van der Waals surface area contributed by atoms with Crippen LogP contribution in [0.4, 0.5) is 8.78 Å². The Hall–Kier alpha value is -2.80. The van der Waals surface area contributed by atoms with E-state index in [0.29, 0.717) is 22.8 Å². The van der Waals surface area contributed by atoms with Gasteiger partial charge in [0.05, 0.1) is 42.1 Å². The molecular weight excluding hydrogens is 398 g/mol. The van der Waals surface area contributed by atoms with Crippen LogP contribution in [0.25, 0.3) is 11.1 Å². The minimum absolute atomic E-state index is 0.0806. The zero-order valence-electron chi connectivity index (χ0n) is 16.0. The lowest BCUT2D eigenvalue weighted by molar-refractivity contribution is -0.134. The van der Waals surface area contributed by atoms with Gasteiger partial charge in [-0.1, -0.05) is 11.6 Å². The van der Waals surface area contributed by atoms with Crippen LogP contribution < -0.4 is 0 Å². The number of fused-ring (bicyclic) bond motifs is 1. The Balaban J connectivity index is 1.63. The number of halogens is 3. The normalized spacial score (nSPS) is 16.0. The molecule has 8 heteroatoms. The molecule has 1 aliphatic rings. The van der Waals surface area contributed by atoms with E-state index in [-0.39, 0.29) is 30.5 Å². The molecule has 0 bridgehead atoms. The van der Waals surface area contributed by atoms with E-state index in [1.807, 2.05) is 6.92 Å². The van der Waals surface area contributed by atoms with Gasteiger partial charge in [0, 0.05) is 29.4 Å². The zero-order chi connectivity index (χ0) is 20.7. The van der Waals surface area contributed by atoms with Gasteiger partial charge in [-0.25, -0.2) is 8.78 Å². The number of carbonyl (C=O) groups is 1. The molecule has 1 aromatic carbocycles. The Morgan fingerprint density at radius 3 is 2.83 bits per heavy atom. The summed E-state index contributed by atoms with van der Waals surface area (Å²) in [7, 11) is 0. The second-order valence-corrected chi connectivity index (χ2v) is 7.61. The lowest BCUT2D eigenvalue weighted by atomic mass is 10.0. The molecule has 4 rings (SSSR count). The second kappa shape index (κ2) is 7.55. The summed E-state index contributed by atoms with van der Waals surface area (Å²) in [5.74, 6) is -1.37. The highest BCUT2D eigenvalue weighted by molar-refractivity contribution is 6.32. The van der Waals surface area contributed by atoms with Crippen molar-refractivity contribution in [1.29, 1.82) is 0 Å². The molecule has 2 aromatic heterocycles. The average Bonchev–Trinajstić information content (AvgIpc) is 3.07. The minimum atomic E-state index is -0.656. The number of rotatable bonds is 3. The van der Waals surface area contributed by atoms with Gasteiger partial charge in [0.25, 0.3) is 0 Å². The molecular formula is C21H19ClF2N4O. The summed E-state index contributed by atoms with van der Waals surface area (Å²) in [6.45, 7) is 4.52. The quantitative estimate of drug-likeness (QED) is 0.644. The predicted molar refractivity (Wildman–Crippen MR) is 105 cm³/mol. The van der Waals surface area contributed by atoms with Crippen LogP contribution >= 0.6 is 11.6 Å². The smallest absolute Gasteiger partial charge is 0.227 e. The van der Waals surface area contributed by atoms with Gasteiger partial charge in [0.15, 0.2) is 0 Å². The van der Waals surface area contributed by atoms with Crippen LogP contribution in [0.1, 0.15) is 23.9 Å². The second-order valence-electron chi connectivity index (χ2n) is 7.23. The fraction of sp³-hybridized carbons (Fsp3) is 0.286. The van der Waals surface area contributed by atoms with Gasteiger partial charge in [0.2, 0.25) is 5.91 Å². The molecule has 150 valence electrons. The molecule has 29 heavy (non-hydrogen) atoms. The van der Waals surface area contributed by atoms with Crippen LogP contribution in [0.15, 0.2) is 36.7 Å². The predicted octanol–water partition coefficient (Wildman–Crippen LogP) is 4.16. The Kier molecular flexibility index (Phi) is 5.08. The lowest BCUT2D eigenvalue weighted by Crippen LogP contribution is -2.45. The molecule has 0 radical (unpaired) electrons. The van der Waals surface area contributed by atoms with E-state index < -0.39 is 11.6 Å². The number of nitrogens with zero attached hydrogens (tertiary/aromatic N) is 4. The van der Waals surface area contributed by atoms with Crippen molar-refractivity contribution < 1.29 is 13.6 Å². The van der Waals surface area contributed by atoms with Crippen LogP contribution in [-0.4, -0.2) is 31.6 Å². The SMILES string of the molecule is Cc1nccc(CC(=O)N2Cc3c(-c4ccc(F)cc4F)cnn3CC2C)c1Cl. The Morgan fingerprint density at radius 2 is 2.07 bits per heavy atom. The maximum atomic E-state index is 14.3. The molecule has 5 nitrogen and oxygen atoms in total. The van der Waals surface area contributed by atoms with Gasteiger partial charge in [-0.3, -0.25) is 14.5 Å². The van der Waals surface area contributed by atoms with E-state index in [0.717, 1.165) is 17.3 Å². The standard InChI is InChI=1S/C21H19ClF2N4O/c1-12-10-28-19(17(9-26-28)16-4-3-15(23)8-18(16)24)11-27(12)20(29)7-14-5-6-25-13(2)21(14)22/h3-6,8-9,12H,7,10-11H2,1-2H3. The molecule has 1 aliphatic heterocycles. The summed E-state index contributed by atoms with van der Waals surface area (Å²) in [5.41, 5.74) is 2.95. The molecule has 0 N–H and O–H groups in total. The topological polar surface area (TPSA) is 51.0 Å². The van der Waals surface area contributed by atoms with Crippen molar-refractivity contribution in [2.75, 3.05) is 0 Å². The van der Waals surface area contributed by atoms with Crippen molar-refractivity contribution in [3.05, 3.63) is 70.3 Å². The summed E-state index contributed by atoms with van der Waals surface area (Å²) in [5, 5.41) is 4.83. The number of amides is 1. The van der Waals surface area contributed by atoms with E-state index in [1.54, 1.807) is 35.0 Å². The molecule has 1 amide bonds. The number of benzene rings is 1.